The number of hydrogen-bond donors (Lipinski definition) is 1. The lowest BCUT2D eigenvalue weighted by Gasteiger charge is -2.21. The number of thiocarbonyl (C=S) groups is 1. The first-order chi connectivity index (χ1) is 9.47. The number of alkyl halides is 2. The first kappa shape index (κ1) is 16.4. The minimum absolute atomic E-state index is 0.0168. The molecule has 0 fully saturated rings. The van der Waals surface area contributed by atoms with Gasteiger partial charge >= 0.3 is 6.61 Å². The lowest BCUT2D eigenvalue weighted by Crippen LogP contribution is -2.36. The molecule has 20 heavy (non-hydrogen) atoms. The van der Waals surface area contributed by atoms with E-state index in [1.807, 2.05) is 18.9 Å². The first-order valence-corrected chi connectivity index (χ1v) is 6.49. The van der Waals surface area contributed by atoms with Crippen molar-refractivity contribution in [1.29, 1.82) is 0 Å². The normalized spacial score (nSPS) is 10.3. The molecule has 0 unspecified atom stereocenters. The van der Waals surface area contributed by atoms with Crippen LogP contribution in [0.5, 0.6) is 11.5 Å². The van der Waals surface area contributed by atoms with Crippen LogP contribution in [0.4, 0.5) is 8.78 Å². The number of rotatable bonds is 6. The predicted molar refractivity (Wildman–Crippen MR) is 77.4 cm³/mol. The molecule has 0 saturated heterocycles. The zero-order valence-corrected chi connectivity index (χ0v) is 12.5. The van der Waals surface area contributed by atoms with Gasteiger partial charge in [0.2, 0.25) is 0 Å². The Morgan fingerprint density at radius 2 is 2.10 bits per heavy atom. The van der Waals surface area contributed by atoms with Gasteiger partial charge in [-0.15, -0.1) is 0 Å². The smallest absolute Gasteiger partial charge is 0.387 e. The summed E-state index contributed by atoms with van der Waals surface area (Å²) in [4.78, 5) is 1.85. The summed E-state index contributed by atoms with van der Waals surface area (Å²) in [5.41, 5.74) is 0.881. The Labute approximate surface area is 122 Å². The Hall–Kier alpha value is -1.63. The fourth-order valence-electron chi connectivity index (χ4n) is 1.64. The van der Waals surface area contributed by atoms with Gasteiger partial charge in [0, 0.05) is 20.1 Å². The van der Waals surface area contributed by atoms with Gasteiger partial charge in [-0.1, -0.05) is 6.07 Å². The molecule has 4 nitrogen and oxygen atoms in total. The van der Waals surface area contributed by atoms with E-state index in [1.54, 1.807) is 12.1 Å². The van der Waals surface area contributed by atoms with Gasteiger partial charge < -0.3 is 19.7 Å². The van der Waals surface area contributed by atoms with Crippen molar-refractivity contribution in [3.63, 3.8) is 0 Å². The van der Waals surface area contributed by atoms with Crippen LogP contribution in [0.15, 0.2) is 18.2 Å². The number of nitrogens with zero attached hydrogens (tertiary/aromatic N) is 1. The van der Waals surface area contributed by atoms with Gasteiger partial charge in [-0.05, 0) is 36.8 Å². The Balaban J connectivity index is 2.79. The van der Waals surface area contributed by atoms with E-state index in [4.69, 9.17) is 17.0 Å². The Morgan fingerprint density at radius 3 is 2.65 bits per heavy atom. The molecular weight excluding hydrogens is 286 g/mol. The van der Waals surface area contributed by atoms with Crippen molar-refractivity contribution in [1.82, 2.24) is 10.2 Å². The van der Waals surface area contributed by atoms with Crippen LogP contribution in [-0.2, 0) is 6.54 Å². The van der Waals surface area contributed by atoms with Crippen molar-refractivity contribution in [3.8, 4) is 11.5 Å². The molecule has 0 spiro atoms. The predicted octanol–water partition coefficient (Wildman–Crippen LogP) is 2.62. The van der Waals surface area contributed by atoms with Crippen molar-refractivity contribution in [2.24, 2.45) is 0 Å². The molecular formula is C13H18F2N2O2S. The van der Waals surface area contributed by atoms with Gasteiger partial charge in [0.1, 0.15) is 0 Å². The highest BCUT2D eigenvalue weighted by Crippen LogP contribution is 2.29. The average Bonchev–Trinajstić information content (AvgIpc) is 2.40. The Kier molecular flexibility index (Phi) is 6.44. The number of ether oxygens (including phenoxy) is 2. The summed E-state index contributed by atoms with van der Waals surface area (Å²) in [5, 5.41) is 3.66. The zero-order chi connectivity index (χ0) is 15.1. The van der Waals surface area contributed by atoms with E-state index in [-0.39, 0.29) is 11.5 Å². The fourth-order valence-corrected chi connectivity index (χ4v) is 1.84. The van der Waals surface area contributed by atoms with Crippen LogP contribution >= 0.6 is 12.2 Å². The lowest BCUT2D eigenvalue weighted by atomic mass is 10.2. The molecule has 0 aliphatic carbocycles. The van der Waals surface area contributed by atoms with Gasteiger partial charge in [-0.3, -0.25) is 0 Å². The van der Waals surface area contributed by atoms with E-state index in [9.17, 15) is 8.78 Å². The number of nitrogens with one attached hydrogen (secondary N) is 1. The molecule has 7 heteroatoms. The summed E-state index contributed by atoms with van der Waals surface area (Å²) in [5.74, 6) is 0.286. The quantitative estimate of drug-likeness (QED) is 0.817. The largest absolute Gasteiger partial charge is 0.493 e. The van der Waals surface area contributed by atoms with Crippen molar-refractivity contribution in [3.05, 3.63) is 23.8 Å². The molecule has 0 aromatic heterocycles. The van der Waals surface area contributed by atoms with Crippen LogP contribution < -0.4 is 14.8 Å². The van der Waals surface area contributed by atoms with Gasteiger partial charge in [0.05, 0.1) is 7.11 Å². The third kappa shape index (κ3) is 4.80. The number of benzene rings is 1. The third-order valence-corrected chi connectivity index (χ3v) is 2.99. The van der Waals surface area contributed by atoms with Crippen molar-refractivity contribution < 1.29 is 18.3 Å². The topological polar surface area (TPSA) is 33.7 Å². The maximum absolute atomic E-state index is 12.2. The van der Waals surface area contributed by atoms with Gasteiger partial charge in [0.25, 0.3) is 0 Å². The molecule has 0 radical (unpaired) electrons. The summed E-state index contributed by atoms with van der Waals surface area (Å²) in [6.07, 6.45) is 0. The van der Waals surface area contributed by atoms with Gasteiger partial charge in [-0.2, -0.15) is 8.78 Å². The molecule has 1 aromatic rings. The highest BCUT2D eigenvalue weighted by Gasteiger charge is 2.12. The average molecular weight is 304 g/mol. The first-order valence-electron chi connectivity index (χ1n) is 6.08. The van der Waals surface area contributed by atoms with Crippen molar-refractivity contribution in [2.45, 2.75) is 20.1 Å². The minimum atomic E-state index is -2.88. The monoisotopic (exact) mass is 304 g/mol. The second-order valence-corrected chi connectivity index (χ2v) is 4.44. The van der Waals surface area contributed by atoms with E-state index in [1.165, 1.54) is 13.2 Å². The van der Waals surface area contributed by atoms with Gasteiger partial charge in [-0.25, -0.2) is 0 Å². The Bertz CT molecular complexity index is 458. The van der Waals surface area contributed by atoms with E-state index < -0.39 is 6.61 Å². The highest BCUT2D eigenvalue weighted by atomic mass is 32.1. The molecule has 0 aliphatic rings. The minimum Gasteiger partial charge on any atom is -0.493 e. The fraction of sp³-hybridized carbons (Fsp3) is 0.462. The van der Waals surface area contributed by atoms with Crippen LogP contribution in [-0.4, -0.2) is 37.3 Å². The van der Waals surface area contributed by atoms with E-state index in [0.717, 1.165) is 12.1 Å². The van der Waals surface area contributed by atoms with Crippen LogP contribution in [0.2, 0.25) is 0 Å². The van der Waals surface area contributed by atoms with Crippen LogP contribution in [0, 0.1) is 0 Å². The van der Waals surface area contributed by atoms with Crippen molar-refractivity contribution in [2.75, 3.05) is 20.7 Å². The summed E-state index contributed by atoms with van der Waals surface area (Å²) >= 11 is 5.18. The summed E-state index contributed by atoms with van der Waals surface area (Å²) < 4.78 is 33.9. The Morgan fingerprint density at radius 1 is 1.40 bits per heavy atom. The summed E-state index contributed by atoms with van der Waals surface area (Å²) in [6, 6.07) is 4.82. The maximum atomic E-state index is 12.2. The molecule has 112 valence electrons. The lowest BCUT2D eigenvalue weighted by molar-refractivity contribution is -0.0512. The van der Waals surface area contributed by atoms with Crippen LogP contribution in [0.25, 0.3) is 0 Å². The molecule has 0 aliphatic heterocycles. The zero-order valence-electron chi connectivity index (χ0n) is 11.7. The summed E-state index contributed by atoms with van der Waals surface area (Å²) in [7, 11) is 3.26. The number of methoxy groups -OCH3 is 1. The maximum Gasteiger partial charge on any atom is 0.387 e. The number of hydrogen-bond acceptors (Lipinski definition) is 3. The second kappa shape index (κ2) is 7.84. The molecule has 1 aromatic carbocycles. The molecule has 1 rings (SSSR count). The SMILES string of the molecule is CCNC(=S)N(C)Cc1ccc(OC(F)F)c(OC)c1. The molecule has 0 amide bonds. The van der Waals surface area contributed by atoms with Crippen LogP contribution in [0.3, 0.4) is 0 Å². The molecule has 1 N–H and O–H groups in total. The number of halogens is 2. The molecule has 0 atom stereocenters. The highest BCUT2D eigenvalue weighted by molar-refractivity contribution is 7.80. The standard InChI is InChI=1S/C13H18F2N2O2S/c1-4-16-13(20)17(2)8-9-5-6-10(19-12(14)15)11(7-9)18-3/h5-7,12H,4,8H2,1-3H3,(H,16,20). The van der Waals surface area contributed by atoms with Gasteiger partial charge in [0.15, 0.2) is 16.6 Å². The molecule has 0 bridgehead atoms. The van der Waals surface area contributed by atoms with E-state index >= 15 is 0 Å². The summed E-state index contributed by atoms with van der Waals surface area (Å²) in [6.45, 7) is 0.364. The molecule has 0 saturated carbocycles. The second-order valence-electron chi connectivity index (χ2n) is 4.06. The van der Waals surface area contributed by atoms with E-state index in [0.29, 0.717) is 11.7 Å². The van der Waals surface area contributed by atoms with E-state index in [2.05, 4.69) is 10.1 Å². The van der Waals surface area contributed by atoms with Crippen LogP contribution in [0.1, 0.15) is 12.5 Å². The molecule has 0 heterocycles. The third-order valence-electron chi connectivity index (χ3n) is 2.54. The van der Waals surface area contributed by atoms with Crippen molar-refractivity contribution >= 4 is 17.3 Å².